The molecule has 5 heteroatoms. The molecule has 0 bridgehead atoms. The van der Waals surface area contributed by atoms with Crippen molar-refractivity contribution in [3.8, 4) is 0 Å². The molecular formula is C18H24N2O2S. The maximum absolute atomic E-state index is 12.9. The van der Waals surface area contributed by atoms with Crippen molar-refractivity contribution in [1.82, 2.24) is 4.90 Å². The molecule has 1 N–H and O–H groups in total. The van der Waals surface area contributed by atoms with Crippen molar-refractivity contribution in [2.75, 3.05) is 11.1 Å². The number of rotatable bonds is 4. The lowest BCUT2D eigenvalue weighted by Gasteiger charge is -2.30. The molecule has 2 aliphatic rings. The van der Waals surface area contributed by atoms with Gasteiger partial charge in [0, 0.05) is 17.9 Å². The Morgan fingerprint density at radius 1 is 1.35 bits per heavy atom. The third-order valence-corrected chi connectivity index (χ3v) is 6.50. The predicted octanol–water partition coefficient (Wildman–Crippen LogP) is 3.20. The van der Waals surface area contributed by atoms with Crippen LogP contribution in [0.5, 0.6) is 0 Å². The first kappa shape index (κ1) is 16.4. The van der Waals surface area contributed by atoms with Crippen LogP contribution < -0.4 is 5.32 Å². The molecule has 1 aromatic carbocycles. The fraction of sp³-hybridized carbons (Fsp3) is 0.556. The highest BCUT2D eigenvalue weighted by molar-refractivity contribution is 8.01. The van der Waals surface area contributed by atoms with Gasteiger partial charge in [0.2, 0.25) is 11.8 Å². The molecule has 2 fully saturated rings. The van der Waals surface area contributed by atoms with Gasteiger partial charge in [-0.15, -0.1) is 11.8 Å². The molecule has 124 valence electrons. The van der Waals surface area contributed by atoms with Crippen LogP contribution in [-0.2, 0) is 22.4 Å². The number of nitrogens with zero attached hydrogens (tertiary/aromatic N) is 1. The van der Waals surface area contributed by atoms with Crippen LogP contribution in [0.1, 0.15) is 44.7 Å². The second kappa shape index (κ2) is 6.19. The van der Waals surface area contributed by atoms with Gasteiger partial charge in [0.1, 0.15) is 6.04 Å². The second-order valence-corrected chi connectivity index (χ2v) is 7.91. The van der Waals surface area contributed by atoms with E-state index in [1.54, 1.807) is 11.8 Å². The lowest BCUT2D eigenvalue weighted by molar-refractivity contribution is -0.135. The molecule has 0 saturated carbocycles. The summed E-state index contributed by atoms with van der Waals surface area (Å²) in [6, 6.07) is 5.81. The first-order chi connectivity index (χ1) is 11.0. The maximum atomic E-state index is 12.9. The van der Waals surface area contributed by atoms with Crippen molar-refractivity contribution < 1.29 is 9.59 Å². The first-order valence-corrected chi connectivity index (χ1v) is 9.36. The molecule has 2 heterocycles. The molecule has 0 aromatic heterocycles. The molecule has 2 amide bonds. The van der Waals surface area contributed by atoms with Crippen LogP contribution in [-0.4, -0.2) is 33.4 Å². The van der Waals surface area contributed by atoms with Gasteiger partial charge in [-0.3, -0.25) is 9.59 Å². The summed E-state index contributed by atoms with van der Waals surface area (Å²) in [4.78, 5) is 26.7. The number of benzene rings is 1. The van der Waals surface area contributed by atoms with E-state index >= 15 is 0 Å². The van der Waals surface area contributed by atoms with Gasteiger partial charge in [-0.1, -0.05) is 32.0 Å². The van der Waals surface area contributed by atoms with Crippen LogP contribution in [0.15, 0.2) is 18.2 Å². The zero-order valence-corrected chi connectivity index (χ0v) is 14.8. The Balaban J connectivity index is 1.84. The lowest BCUT2D eigenvalue weighted by atomic mass is 10.0. The number of aryl methyl sites for hydroxylation is 2. The SMILES string of the molecule is CCc1cccc(CC)c1NC(=O)[C@H]1CS[C@]2(C)CCC(=O)N12. The number of hydrogen-bond donors (Lipinski definition) is 1. The van der Waals surface area contributed by atoms with Gasteiger partial charge in [-0.25, -0.2) is 0 Å². The molecule has 0 spiro atoms. The predicted molar refractivity (Wildman–Crippen MR) is 94.6 cm³/mol. The van der Waals surface area contributed by atoms with Crippen molar-refractivity contribution in [1.29, 1.82) is 0 Å². The number of hydrogen-bond acceptors (Lipinski definition) is 3. The number of para-hydroxylation sites is 1. The number of thioether (sulfide) groups is 1. The van der Waals surface area contributed by atoms with Crippen LogP contribution in [0, 0.1) is 0 Å². The number of anilines is 1. The molecule has 3 rings (SSSR count). The van der Waals surface area contributed by atoms with E-state index in [-0.39, 0.29) is 22.7 Å². The summed E-state index contributed by atoms with van der Waals surface area (Å²) in [7, 11) is 0. The van der Waals surface area contributed by atoms with Crippen LogP contribution in [0.4, 0.5) is 5.69 Å². The molecule has 1 aromatic rings. The van der Waals surface area contributed by atoms with Gasteiger partial charge < -0.3 is 10.2 Å². The standard InChI is InChI=1S/C18H24N2O2S/c1-4-12-7-6-8-13(5-2)16(12)19-17(22)14-11-23-18(3)10-9-15(21)20(14)18/h6-8,14H,4-5,9-11H2,1-3H3,(H,19,22)/t14-,18-/m1/s1. The Kier molecular flexibility index (Phi) is 4.41. The molecule has 0 unspecified atom stereocenters. The van der Waals surface area contributed by atoms with Crippen LogP contribution in [0.2, 0.25) is 0 Å². The normalized spacial score (nSPS) is 26.5. The largest absolute Gasteiger partial charge is 0.324 e. The highest BCUT2D eigenvalue weighted by atomic mass is 32.2. The second-order valence-electron chi connectivity index (χ2n) is 6.41. The quantitative estimate of drug-likeness (QED) is 0.921. The van der Waals surface area contributed by atoms with Gasteiger partial charge in [-0.05, 0) is 37.3 Å². The molecule has 2 atom stereocenters. The fourth-order valence-corrected chi connectivity index (χ4v) is 5.06. The average Bonchev–Trinajstić information content (AvgIpc) is 3.04. The fourth-order valence-electron chi connectivity index (χ4n) is 3.62. The van der Waals surface area contributed by atoms with Gasteiger partial charge >= 0.3 is 0 Å². The van der Waals surface area contributed by atoms with Crippen molar-refractivity contribution >= 4 is 29.3 Å². The van der Waals surface area contributed by atoms with Gasteiger partial charge in [0.05, 0.1) is 4.87 Å². The summed E-state index contributed by atoms with van der Waals surface area (Å²) in [6.07, 6.45) is 3.15. The lowest BCUT2D eigenvalue weighted by Crippen LogP contribution is -2.48. The summed E-state index contributed by atoms with van der Waals surface area (Å²) in [5.74, 6) is 0.744. The molecule has 2 saturated heterocycles. The summed E-state index contributed by atoms with van der Waals surface area (Å²) in [5, 5.41) is 3.13. The number of amides is 2. The molecular weight excluding hydrogens is 308 g/mol. The minimum atomic E-state index is -0.352. The summed E-state index contributed by atoms with van der Waals surface area (Å²) >= 11 is 1.73. The van der Waals surface area contributed by atoms with Crippen LogP contribution in [0.3, 0.4) is 0 Å². The van der Waals surface area contributed by atoms with E-state index in [4.69, 9.17) is 0 Å². The van der Waals surface area contributed by atoms with E-state index in [9.17, 15) is 9.59 Å². The van der Waals surface area contributed by atoms with E-state index in [0.717, 1.165) is 36.1 Å². The number of nitrogens with one attached hydrogen (secondary N) is 1. The Labute approximate surface area is 142 Å². The third-order valence-electron chi connectivity index (χ3n) is 4.99. The van der Waals surface area contributed by atoms with E-state index in [2.05, 4.69) is 38.2 Å². The zero-order valence-electron chi connectivity index (χ0n) is 14.0. The average molecular weight is 332 g/mol. The third kappa shape index (κ3) is 2.75. The highest BCUT2D eigenvalue weighted by Crippen LogP contribution is 2.47. The zero-order chi connectivity index (χ0) is 16.6. The minimum absolute atomic E-state index is 0.0490. The number of carbonyl (C=O) groups is 2. The van der Waals surface area contributed by atoms with Crippen molar-refractivity contribution in [2.45, 2.75) is 57.4 Å². The van der Waals surface area contributed by atoms with Crippen molar-refractivity contribution in [3.05, 3.63) is 29.3 Å². The summed E-state index contributed by atoms with van der Waals surface area (Å²) < 4.78 is 0. The van der Waals surface area contributed by atoms with Crippen molar-refractivity contribution in [3.63, 3.8) is 0 Å². The van der Waals surface area contributed by atoms with Gasteiger partial charge in [0.25, 0.3) is 0 Å². The minimum Gasteiger partial charge on any atom is -0.324 e. The van der Waals surface area contributed by atoms with Crippen LogP contribution >= 0.6 is 11.8 Å². The Bertz CT molecular complexity index is 624. The van der Waals surface area contributed by atoms with Gasteiger partial charge in [0.15, 0.2) is 0 Å². The van der Waals surface area contributed by atoms with Crippen LogP contribution in [0.25, 0.3) is 0 Å². The molecule has 0 aliphatic carbocycles. The molecule has 4 nitrogen and oxygen atoms in total. The highest BCUT2D eigenvalue weighted by Gasteiger charge is 2.52. The first-order valence-electron chi connectivity index (χ1n) is 8.38. The molecule has 2 aliphatic heterocycles. The summed E-state index contributed by atoms with van der Waals surface area (Å²) in [6.45, 7) is 6.27. The number of fused-ring (bicyclic) bond motifs is 1. The Morgan fingerprint density at radius 2 is 2.00 bits per heavy atom. The smallest absolute Gasteiger partial charge is 0.248 e. The maximum Gasteiger partial charge on any atom is 0.248 e. The topological polar surface area (TPSA) is 49.4 Å². The van der Waals surface area contributed by atoms with Crippen molar-refractivity contribution in [2.24, 2.45) is 0 Å². The summed E-state index contributed by atoms with van der Waals surface area (Å²) in [5.41, 5.74) is 3.24. The number of carbonyl (C=O) groups excluding carboxylic acids is 2. The van der Waals surface area contributed by atoms with E-state index < -0.39 is 0 Å². The Morgan fingerprint density at radius 3 is 2.61 bits per heavy atom. The van der Waals surface area contributed by atoms with E-state index in [1.807, 2.05) is 11.0 Å². The van der Waals surface area contributed by atoms with Gasteiger partial charge in [-0.2, -0.15) is 0 Å². The monoisotopic (exact) mass is 332 g/mol. The molecule has 0 radical (unpaired) electrons. The van der Waals surface area contributed by atoms with E-state index in [1.165, 1.54) is 0 Å². The molecule has 23 heavy (non-hydrogen) atoms. The Hall–Kier alpha value is -1.49. The van der Waals surface area contributed by atoms with E-state index in [0.29, 0.717) is 12.2 Å².